The molecule has 0 saturated carbocycles. The van der Waals surface area contributed by atoms with Gasteiger partial charge in [-0.05, 0) is 48.9 Å². The van der Waals surface area contributed by atoms with Crippen LogP contribution in [0.4, 0.5) is 5.82 Å². The second kappa shape index (κ2) is 6.10. The smallest absolute Gasteiger partial charge is 0.224 e. The Morgan fingerprint density at radius 1 is 1.14 bits per heavy atom. The highest BCUT2D eigenvalue weighted by atomic mass is 16.5. The van der Waals surface area contributed by atoms with Gasteiger partial charge in [0.15, 0.2) is 0 Å². The number of nitrogens with zero attached hydrogens (tertiary/aromatic N) is 2. The first-order valence-corrected chi connectivity index (χ1v) is 7.42. The Labute approximate surface area is 124 Å². The lowest BCUT2D eigenvalue weighted by Crippen LogP contribution is -2.10. The highest BCUT2D eigenvalue weighted by Gasteiger charge is 2.11. The molecule has 3 rings (SSSR count). The van der Waals surface area contributed by atoms with Gasteiger partial charge in [-0.1, -0.05) is 13.0 Å². The fourth-order valence-electron chi connectivity index (χ4n) is 2.65. The van der Waals surface area contributed by atoms with Crippen molar-refractivity contribution in [2.45, 2.75) is 39.0 Å². The second-order valence-electron chi connectivity index (χ2n) is 5.25. The first kappa shape index (κ1) is 13.8. The molecule has 5 heteroatoms. The molecular weight excluding hydrogens is 264 g/mol. The van der Waals surface area contributed by atoms with Crippen molar-refractivity contribution in [1.82, 2.24) is 9.97 Å². The molecule has 0 aliphatic heterocycles. The summed E-state index contributed by atoms with van der Waals surface area (Å²) in [5.41, 5.74) is 5.38. The summed E-state index contributed by atoms with van der Waals surface area (Å²) >= 11 is 0. The summed E-state index contributed by atoms with van der Waals surface area (Å²) in [5.74, 6) is 8.04. The van der Waals surface area contributed by atoms with Crippen LogP contribution in [0.25, 0.3) is 0 Å². The Hall–Kier alpha value is -2.14. The van der Waals surface area contributed by atoms with Crippen LogP contribution >= 0.6 is 0 Å². The molecule has 1 aliphatic carbocycles. The van der Waals surface area contributed by atoms with Gasteiger partial charge in [-0.2, -0.15) is 4.98 Å². The van der Waals surface area contributed by atoms with Gasteiger partial charge in [-0.3, -0.25) is 0 Å². The van der Waals surface area contributed by atoms with E-state index in [1.165, 1.54) is 30.4 Å². The van der Waals surface area contributed by atoms with Crippen LogP contribution in [0.1, 0.15) is 36.7 Å². The predicted molar refractivity (Wildman–Crippen MR) is 82.4 cm³/mol. The molecule has 0 saturated heterocycles. The molecule has 1 aliphatic rings. The number of hydrazine groups is 1. The lowest BCUT2D eigenvalue weighted by atomic mass is 9.92. The van der Waals surface area contributed by atoms with E-state index in [1.807, 2.05) is 13.0 Å². The maximum Gasteiger partial charge on any atom is 0.224 e. The Morgan fingerprint density at radius 3 is 2.71 bits per heavy atom. The lowest BCUT2D eigenvalue weighted by Gasteiger charge is -2.16. The topological polar surface area (TPSA) is 73.1 Å². The third-order valence-corrected chi connectivity index (χ3v) is 3.76. The van der Waals surface area contributed by atoms with Crippen molar-refractivity contribution < 1.29 is 4.74 Å². The first-order valence-electron chi connectivity index (χ1n) is 7.42. The maximum atomic E-state index is 5.88. The third-order valence-electron chi connectivity index (χ3n) is 3.76. The number of nitrogen functional groups attached to an aromatic ring is 1. The summed E-state index contributed by atoms with van der Waals surface area (Å²) in [6.07, 6.45) is 5.57. The molecular formula is C16H20N4O. The quantitative estimate of drug-likeness (QED) is 0.667. The fourth-order valence-corrected chi connectivity index (χ4v) is 2.65. The van der Waals surface area contributed by atoms with Gasteiger partial charge in [0.2, 0.25) is 5.88 Å². The molecule has 0 unspecified atom stereocenters. The zero-order valence-corrected chi connectivity index (χ0v) is 12.2. The molecule has 21 heavy (non-hydrogen) atoms. The van der Waals surface area contributed by atoms with Crippen molar-refractivity contribution in [3.8, 4) is 11.6 Å². The number of aryl methyl sites for hydroxylation is 3. The van der Waals surface area contributed by atoms with E-state index in [0.29, 0.717) is 17.5 Å². The van der Waals surface area contributed by atoms with E-state index in [4.69, 9.17) is 10.6 Å². The van der Waals surface area contributed by atoms with Crippen molar-refractivity contribution in [3.05, 3.63) is 41.2 Å². The zero-order chi connectivity index (χ0) is 14.7. The lowest BCUT2D eigenvalue weighted by molar-refractivity contribution is 0.457. The molecule has 3 N–H and O–H groups in total. The highest BCUT2D eigenvalue weighted by Crippen LogP contribution is 2.28. The molecule has 1 aromatic heterocycles. The van der Waals surface area contributed by atoms with Crippen LogP contribution in [0.3, 0.4) is 0 Å². The van der Waals surface area contributed by atoms with E-state index in [0.717, 1.165) is 18.6 Å². The van der Waals surface area contributed by atoms with Crippen molar-refractivity contribution in [2.24, 2.45) is 5.84 Å². The number of ether oxygens (including phenoxy) is 1. The summed E-state index contributed by atoms with van der Waals surface area (Å²) in [4.78, 5) is 8.63. The summed E-state index contributed by atoms with van der Waals surface area (Å²) in [5, 5.41) is 0. The molecule has 1 heterocycles. The number of anilines is 1. The summed E-state index contributed by atoms with van der Waals surface area (Å²) in [6, 6.07) is 8.00. The van der Waals surface area contributed by atoms with Crippen molar-refractivity contribution >= 4 is 5.82 Å². The molecule has 0 fully saturated rings. The van der Waals surface area contributed by atoms with Gasteiger partial charge in [0, 0.05) is 12.5 Å². The van der Waals surface area contributed by atoms with Crippen molar-refractivity contribution in [2.75, 3.05) is 5.43 Å². The normalized spacial score (nSPS) is 13.6. The van der Waals surface area contributed by atoms with E-state index in [-0.39, 0.29) is 0 Å². The van der Waals surface area contributed by atoms with Gasteiger partial charge < -0.3 is 10.2 Å². The molecule has 0 amide bonds. The predicted octanol–water partition coefficient (Wildman–Crippen LogP) is 3.00. The maximum absolute atomic E-state index is 5.88. The van der Waals surface area contributed by atoms with Crippen LogP contribution in [-0.2, 0) is 19.3 Å². The number of hydrogen-bond donors (Lipinski definition) is 2. The Morgan fingerprint density at radius 2 is 1.95 bits per heavy atom. The average molecular weight is 284 g/mol. The minimum Gasteiger partial charge on any atom is -0.439 e. The van der Waals surface area contributed by atoms with Crippen molar-refractivity contribution in [3.63, 3.8) is 0 Å². The molecule has 0 atom stereocenters. The van der Waals surface area contributed by atoms with Gasteiger partial charge in [0.25, 0.3) is 0 Å². The zero-order valence-electron chi connectivity index (χ0n) is 12.2. The molecule has 5 nitrogen and oxygen atoms in total. The number of rotatable bonds is 4. The van der Waals surface area contributed by atoms with Gasteiger partial charge >= 0.3 is 0 Å². The SMILES string of the molecule is CCc1nc(NN)cc(Oc2ccc3c(c2)CCCC3)n1. The van der Waals surface area contributed by atoms with Crippen LogP contribution in [0.2, 0.25) is 0 Å². The number of fused-ring (bicyclic) bond motifs is 1. The van der Waals surface area contributed by atoms with E-state index in [1.54, 1.807) is 6.07 Å². The molecule has 0 bridgehead atoms. The van der Waals surface area contributed by atoms with Crippen LogP contribution in [0, 0.1) is 0 Å². The number of aromatic nitrogens is 2. The monoisotopic (exact) mass is 284 g/mol. The molecule has 1 aromatic carbocycles. The van der Waals surface area contributed by atoms with Crippen molar-refractivity contribution in [1.29, 1.82) is 0 Å². The third kappa shape index (κ3) is 3.13. The van der Waals surface area contributed by atoms with Crippen LogP contribution in [0.15, 0.2) is 24.3 Å². The highest BCUT2D eigenvalue weighted by molar-refractivity contribution is 5.41. The summed E-state index contributed by atoms with van der Waals surface area (Å²) in [6.45, 7) is 2.00. The van der Waals surface area contributed by atoms with E-state index < -0.39 is 0 Å². The Balaban J connectivity index is 1.86. The molecule has 2 aromatic rings. The molecule has 110 valence electrons. The van der Waals surface area contributed by atoms with E-state index in [2.05, 4.69) is 27.5 Å². The van der Waals surface area contributed by atoms with Gasteiger partial charge in [0.1, 0.15) is 17.4 Å². The minimum atomic E-state index is 0.519. The van der Waals surface area contributed by atoms with Gasteiger partial charge in [0.05, 0.1) is 0 Å². The molecule has 0 radical (unpaired) electrons. The van der Waals surface area contributed by atoms with Crippen LogP contribution in [0.5, 0.6) is 11.6 Å². The largest absolute Gasteiger partial charge is 0.439 e. The van der Waals surface area contributed by atoms with Crippen LogP contribution in [-0.4, -0.2) is 9.97 Å². The Kier molecular flexibility index (Phi) is 4.01. The fraction of sp³-hybridized carbons (Fsp3) is 0.375. The average Bonchev–Trinajstić information content (AvgIpc) is 2.54. The second-order valence-corrected chi connectivity index (χ2v) is 5.25. The molecule has 0 spiro atoms. The number of nitrogens with two attached hydrogens (primary N) is 1. The standard InChI is InChI=1S/C16H20N4O/c1-2-14-18-15(20-17)10-16(19-14)21-13-8-7-11-5-3-4-6-12(11)9-13/h7-10H,2-6,17H2,1H3,(H,18,19,20). The minimum absolute atomic E-state index is 0.519. The summed E-state index contributed by atoms with van der Waals surface area (Å²) < 4.78 is 5.88. The van der Waals surface area contributed by atoms with Crippen LogP contribution < -0.4 is 16.0 Å². The first-order chi connectivity index (χ1) is 10.3. The van der Waals surface area contributed by atoms with Gasteiger partial charge in [-0.15, -0.1) is 0 Å². The number of hydrogen-bond acceptors (Lipinski definition) is 5. The number of benzene rings is 1. The summed E-state index contributed by atoms with van der Waals surface area (Å²) in [7, 11) is 0. The van der Waals surface area contributed by atoms with E-state index in [9.17, 15) is 0 Å². The number of nitrogens with one attached hydrogen (secondary N) is 1. The van der Waals surface area contributed by atoms with Gasteiger partial charge in [-0.25, -0.2) is 10.8 Å². The van der Waals surface area contributed by atoms with E-state index >= 15 is 0 Å². The Bertz CT molecular complexity index is 620.